The Labute approximate surface area is 172 Å². The van der Waals surface area contributed by atoms with Crippen molar-refractivity contribution in [3.63, 3.8) is 0 Å². The number of carbonyl (C=O) groups is 1. The average molecular weight is 403 g/mol. The number of piperazine rings is 1. The number of aryl methyl sites for hydroxylation is 1. The first-order valence-corrected chi connectivity index (χ1v) is 9.87. The van der Waals surface area contributed by atoms with E-state index in [1.165, 1.54) is 5.56 Å². The number of imidazole rings is 1. The molecule has 152 valence electrons. The third-order valence-electron chi connectivity index (χ3n) is 5.39. The van der Waals surface area contributed by atoms with Gasteiger partial charge in [0.1, 0.15) is 11.2 Å². The largest absolute Gasteiger partial charge is 0.349 e. The van der Waals surface area contributed by atoms with Crippen LogP contribution in [0.4, 0.5) is 5.82 Å². The van der Waals surface area contributed by atoms with Gasteiger partial charge in [0.05, 0.1) is 18.4 Å². The van der Waals surface area contributed by atoms with Gasteiger partial charge in [0, 0.05) is 32.4 Å². The minimum atomic E-state index is -0.0309. The number of hydrogen-bond donors (Lipinski definition) is 0. The summed E-state index contributed by atoms with van der Waals surface area (Å²) in [6.07, 6.45) is 3.41. The highest BCUT2D eigenvalue weighted by atomic mass is 16.6. The van der Waals surface area contributed by atoms with Gasteiger partial charge < -0.3 is 14.4 Å². The molecule has 30 heavy (non-hydrogen) atoms. The average Bonchev–Trinajstić information content (AvgIpc) is 3.40. The smallest absolute Gasteiger partial charge is 0.255 e. The number of nitrogens with zero attached hydrogens (tertiary/aromatic N) is 7. The van der Waals surface area contributed by atoms with E-state index in [-0.39, 0.29) is 5.91 Å². The molecular weight excluding hydrogens is 382 g/mol. The molecule has 0 aliphatic carbocycles. The van der Waals surface area contributed by atoms with Crippen LogP contribution in [0.25, 0.3) is 11.2 Å². The minimum absolute atomic E-state index is 0.0309. The van der Waals surface area contributed by atoms with Gasteiger partial charge in [0.2, 0.25) is 0 Å². The molecule has 1 aliphatic rings. The SMILES string of the molecule is Cc1nonc1N1CCN(C(=O)c2cnc3c(c2)ncn3Cc2ccccc2)CC1. The molecule has 0 radical (unpaired) electrons. The quantitative estimate of drug-likeness (QED) is 0.515. The highest BCUT2D eigenvalue weighted by molar-refractivity contribution is 5.96. The maximum absolute atomic E-state index is 13.0. The summed E-state index contributed by atoms with van der Waals surface area (Å²) in [5, 5.41) is 7.77. The van der Waals surface area contributed by atoms with E-state index in [1.54, 1.807) is 12.5 Å². The van der Waals surface area contributed by atoms with Crippen LogP contribution in [-0.2, 0) is 6.54 Å². The van der Waals surface area contributed by atoms with Gasteiger partial charge in [-0.25, -0.2) is 14.6 Å². The molecule has 1 aliphatic heterocycles. The van der Waals surface area contributed by atoms with Crippen molar-refractivity contribution in [2.45, 2.75) is 13.5 Å². The Hall–Kier alpha value is -3.75. The number of hydrogen-bond acceptors (Lipinski definition) is 7. The molecule has 1 fully saturated rings. The van der Waals surface area contributed by atoms with Crippen LogP contribution < -0.4 is 4.90 Å². The van der Waals surface area contributed by atoms with Crippen LogP contribution in [0.5, 0.6) is 0 Å². The fourth-order valence-corrected chi connectivity index (χ4v) is 3.78. The molecule has 0 spiro atoms. The summed E-state index contributed by atoms with van der Waals surface area (Å²) in [5.41, 5.74) is 3.99. The zero-order chi connectivity index (χ0) is 20.5. The second-order valence-corrected chi connectivity index (χ2v) is 7.38. The second-order valence-electron chi connectivity index (χ2n) is 7.38. The fraction of sp³-hybridized carbons (Fsp3) is 0.286. The first-order valence-electron chi connectivity index (χ1n) is 9.87. The van der Waals surface area contributed by atoms with Gasteiger partial charge in [0.15, 0.2) is 11.5 Å². The van der Waals surface area contributed by atoms with E-state index >= 15 is 0 Å². The molecular formula is C21H21N7O2. The Balaban J connectivity index is 1.29. The normalized spacial score (nSPS) is 14.4. The highest BCUT2D eigenvalue weighted by Crippen LogP contribution is 2.19. The molecule has 0 bridgehead atoms. The lowest BCUT2D eigenvalue weighted by molar-refractivity contribution is 0.0746. The molecule has 1 amide bonds. The van der Waals surface area contributed by atoms with Crippen molar-refractivity contribution >= 4 is 22.9 Å². The zero-order valence-corrected chi connectivity index (χ0v) is 16.6. The molecule has 3 aromatic heterocycles. The maximum atomic E-state index is 13.0. The number of aromatic nitrogens is 5. The van der Waals surface area contributed by atoms with Gasteiger partial charge in [-0.15, -0.1) is 0 Å². The number of rotatable bonds is 4. The summed E-state index contributed by atoms with van der Waals surface area (Å²) < 4.78 is 6.78. The predicted molar refractivity (Wildman–Crippen MR) is 110 cm³/mol. The van der Waals surface area contributed by atoms with Crippen LogP contribution in [0.2, 0.25) is 0 Å². The topological polar surface area (TPSA) is 93.2 Å². The second kappa shape index (κ2) is 7.58. The van der Waals surface area contributed by atoms with Gasteiger partial charge in [-0.3, -0.25) is 4.79 Å². The summed E-state index contributed by atoms with van der Waals surface area (Å²) in [6.45, 7) is 5.12. The van der Waals surface area contributed by atoms with E-state index in [2.05, 4.69) is 37.3 Å². The Morgan fingerprint density at radius 1 is 1.07 bits per heavy atom. The highest BCUT2D eigenvalue weighted by Gasteiger charge is 2.25. The summed E-state index contributed by atoms with van der Waals surface area (Å²) >= 11 is 0. The van der Waals surface area contributed by atoms with E-state index < -0.39 is 0 Å². The first kappa shape index (κ1) is 18.3. The van der Waals surface area contributed by atoms with Crippen molar-refractivity contribution in [1.29, 1.82) is 0 Å². The Bertz CT molecular complexity index is 1180. The molecule has 9 nitrogen and oxygen atoms in total. The van der Waals surface area contributed by atoms with Crippen LogP contribution in [0.3, 0.4) is 0 Å². The Kier molecular flexibility index (Phi) is 4.62. The lowest BCUT2D eigenvalue weighted by Crippen LogP contribution is -2.49. The van der Waals surface area contributed by atoms with Crippen LogP contribution in [-0.4, -0.2) is 61.8 Å². The van der Waals surface area contributed by atoms with Crippen LogP contribution >= 0.6 is 0 Å². The summed E-state index contributed by atoms with van der Waals surface area (Å²) in [4.78, 5) is 25.9. The first-order chi connectivity index (χ1) is 14.7. The van der Waals surface area contributed by atoms with E-state index in [0.717, 1.165) is 22.7 Å². The molecule has 1 saturated heterocycles. The number of fused-ring (bicyclic) bond motifs is 1. The van der Waals surface area contributed by atoms with Gasteiger partial charge in [0.25, 0.3) is 5.91 Å². The van der Waals surface area contributed by atoms with Crippen LogP contribution in [0, 0.1) is 6.92 Å². The third kappa shape index (κ3) is 3.38. The molecule has 0 atom stereocenters. The van der Waals surface area contributed by atoms with Gasteiger partial charge in [-0.05, 0) is 23.7 Å². The van der Waals surface area contributed by atoms with Gasteiger partial charge in [-0.1, -0.05) is 35.5 Å². The van der Waals surface area contributed by atoms with Crippen molar-refractivity contribution < 1.29 is 9.42 Å². The van der Waals surface area contributed by atoms with E-state index in [4.69, 9.17) is 4.63 Å². The van der Waals surface area contributed by atoms with E-state index in [1.807, 2.05) is 40.7 Å². The molecule has 4 aromatic rings. The van der Waals surface area contributed by atoms with Crippen molar-refractivity contribution in [3.8, 4) is 0 Å². The predicted octanol–water partition coefficient (Wildman–Crippen LogP) is 2.13. The van der Waals surface area contributed by atoms with E-state index in [9.17, 15) is 4.79 Å². The summed E-state index contributed by atoms with van der Waals surface area (Å²) in [7, 11) is 0. The van der Waals surface area contributed by atoms with Crippen molar-refractivity contribution in [2.75, 3.05) is 31.1 Å². The Morgan fingerprint density at radius 3 is 2.60 bits per heavy atom. The van der Waals surface area contributed by atoms with Crippen molar-refractivity contribution in [3.05, 3.63) is 65.7 Å². The number of benzene rings is 1. The minimum Gasteiger partial charge on any atom is -0.349 e. The standard InChI is InChI=1S/C21H21N7O2/c1-15-19(25-30-24-15)26-7-9-27(10-8-26)21(29)17-11-18-20(22-12-17)28(14-23-18)13-16-5-3-2-4-6-16/h2-6,11-12,14H,7-10,13H2,1H3. The van der Waals surface area contributed by atoms with Gasteiger partial charge in [-0.2, -0.15) is 0 Å². The van der Waals surface area contributed by atoms with Crippen LogP contribution in [0.1, 0.15) is 21.6 Å². The lowest BCUT2D eigenvalue weighted by atomic mass is 10.2. The fourth-order valence-electron chi connectivity index (χ4n) is 3.78. The lowest BCUT2D eigenvalue weighted by Gasteiger charge is -2.34. The molecule has 0 unspecified atom stereocenters. The van der Waals surface area contributed by atoms with Gasteiger partial charge >= 0.3 is 0 Å². The van der Waals surface area contributed by atoms with Crippen LogP contribution in [0.15, 0.2) is 53.6 Å². The summed E-state index contributed by atoms with van der Waals surface area (Å²) in [5.74, 6) is 0.714. The molecule has 0 saturated carbocycles. The monoisotopic (exact) mass is 403 g/mol. The van der Waals surface area contributed by atoms with Crippen molar-refractivity contribution in [1.82, 2.24) is 29.7 Å². The number of anilines is 1. The summed E-state index contributed by atoms with van der Waals surface area (Å²) in [6, 6.07) is 12.0. The molecule has 5 rings (SSSR count). The number of amides is 1. The zero-order valence-electron chi connectivity index (χ0n) is 16.6. The molecule has 1 aromatic carbocycles. The molecule has 0 N–H and O–H groups in total. The molecule has 9 heteroatoms. The molecule has 4 heterocycles. The Morgan fingerprint density at radius 2 is 1.87 bits per heavy atom. The number of carbonyl (C=O) groups excluding carboxylic acids is 1. The number of pyridine rings is 1. The third-order valence-corrected chi connectivity index (χ3v) is 5.39. The van der Waals surface area contributed by atoms with E-state index in [0.29, 0.717) is 38.3 Å². The van der Waals surface area contributed by atoms with Crippen molar-refractivity contribution in [2.24, 2.45) is 0 Å². The maximum Gasteiger partial charge on any atom is 0.255 e.